The standard InChI is InChI=1S/C16H14ClN3O3S/c1-23-10-7-8-14(24(2,21)22)13(9-10)18-15-11-5-3-4-6-12(11)19-16(17)20-15/h3-9H,1-2H3,(H,18,19,20). The molecular formula is C16H14ClN3O3S. The van der Waals surface area contributed by atoms with Gasteiger partial charge in [0.2, 0.25) is 5.28 Å². The van der Waals surface area contributed by atoms with Gasteiger partial charge < -0.3 is 10.1 Å². The summed E-state index contributed by atoms with van der Waals surface area (Å²) >= 11 is 5.97. The van der Waals surface area contributed by atoms with Gasteiger partial charge in [0.15, 0.2) is 9.84 Å². The zero-order chi connectivity index (χ0) is 17.3. The van der Waals surface area contributed by atoms with Crippen molar-refractivity contribution < 1.29 is 13.2 Å². The average molecular weight is 364 g/mol. The first-order chi connectivity index (χ1) is 11.4. The van der Waals surface area contributed by atoms with Gasteiger partial charge in [-0.25, -0.2) is 13.4 Å². The highest BCUT2D eigenvalue weighted by molar-refractivity contribution is 7.90. The number of nitrogens with zero attached hydrogens (tertiary/aromatic N) is 2. The van der Waals surface area contributed by atoms with Crippen LogP contribution in [-0.2, 0) is 9.84 Å². The fourth-order valence-electron chi connectivity index (χ4n) is 2.33. The second-order valence-corrected chi connectivity index (χ2v) is 7.44. The van der Waals surface area contributed by atoms with Crippen LogP contribution in [0.15, 0.2) is 47.4 Å². The second kappa shape index (κ2) is 6.26. The summed E-state index contributed by atoms with van der Waals surface area (Å²) in [5.41, 5.74) is 1.01. The number of anilines is 2. The van der Waals surface area contributed by atoms with E-state index in [0.29, 0.717) is 22.8 Å². The molecule has 1 aromatic heterocycles. The van der Waals surface area contributed by atoms with E-state index in [1.807, 2.05) is 18.2 Å². The average Bonchev–Trinajstić information content (AvgIpc) is 2.53. The molecule has 124 valence electrons. The maximum Gasteiger partial charge on any atom is 0.224 e. The van der Waals surface area contributed by atoms with E-state index < -0.39 is 9.84 Å². The first-order valence-electron chi connectivity index (χ1n) is 6.96. The van der Waals surface area contributed by atoms with Crippen LogP contribution in [-0.4, -0.2) is 31.8 Å². The summed E-state index contributed by atoms with van der Waals surface area (Å²) in [4.78, 5) is 8.48. The Labute approximate surface area is 144 Å². The van der Waals surface area contributed by atoms with Crippen molar-refractivity contribution >= 4 is 43.8 Å². The van der Waals surface area contributed by atoms with Gasteiger partial charge in [-0.05, 0) is 35.9 Å². The van der Waals surface area contributed by atoms with Crippen LogP contribution in [0.4, 0.5) is 11.5 Å². The number of rotatable bonds is 4. The van der Waals surface area contributed by atoms with Crippen LogP contribution >= 0.6 is 11.6 Å². The fraction of sp³-hybridized carbons (Fsp3) is 0.125. The summed E-state index contributed by atoms with van der Waals surface area (Å²) in [6.07, 6.45) is 1.14. The molecule has 1 heterocycles. The minimum Gasteiger partial charge on any atom is -0.497 e. The van der Waals surface area contributed by atoms with Crippen LogP contribution in [0.25, 0.3) is 10.9 Å². The Bertz CT molecular complexity index is 1020. The Hall–Kier alpha value is -2.38. The number of benzene rings is 2. The lowest BCUT2D eigenvalue weighted by Gasteiger charge is -2.13. The normalized spacial score (nSPS) is 11.5. The van der Waals surface area contributed by atoms with Crippen molar-refractivity contribution in [2.24, 2.45) is 0 Å². The minimum atomic E-state index is -3.44. The lowest BCUT2D eigenvalue weighted by molar-refractivity contribution is 0.414. The number of ether oxygens (including phenoxy) is 1. The highest BCUT2D eigenvalue weighted by atomic mass is 35.5. The SMILES string of the molecule is COc1ccc(S(C)(=O)=O)c(Nc2nc(Cl)nc3ccccc23)c1. The lowest BCUT2D eigenvalue weighted by atomic mass is 10.2. The van der Waals surface area contributed by atoms with E-state index in [4.69, 9.17) is 16.3 Å². The number of sulfone groups is 1. The summed E-state index contributed by atoms with van der Waals surface area (Å²) in [6, 6.07) is 12.0. The maximum absolute atomic E-state index is 12.0. The van der Waals surface area contributed by atoms with E-state index in [9.17, 15) is 8.42 Å². The maximum atomic E-state index is 12.0. The van der Waals surface area contributed by atoms with Crippen molar-refractivity contribution in [2.75, 3.05) is 18.7 Å². The predicted octanol–water partition coefficient (Wildman–Crippen LogP) is 3.44. The van der Waals surface area contributed by atoms with Gasteiger partial charge in [-0.15, -0.1) is 0 Å². The smallest absolute Gasteiger partial charge is 0.224 e. The van der Waals surface area contributed by atoms with Gasteiger partial charge in [0.05, 0.1) is 23.2 Å². The van der Waals surface area contributed by atoms with Gasteiger partial charge in [0.25, 0.3) is 0 Å². The lowest BCUT2D eigenvalue weighted by Crippen LogP contribution is -2.05. The summed E-state index contributed by atoms with van der Waals surface area (Å²) in [7, 11) is -1.93. The fourth-order valence-corrected chi connectivity index (χ4v) is 3.33. The van der Waals surface area contributed by atoms with E-state index >= 15 is 0 Å². The van der Waals surface area contributed by atoms with Crippen molar-refractivity contribution in [3.63, 3.8) is 0 Å². The first-order valence-corrected chi connectivity index (χ1v) is 9.23. The number of para-hydroxylation sites is 1. The molecule has 0 aliphatic heterocycles. The predicted molar refractivity (Wildman–Crippen MR) is 93.9 cm³/mol. The van der Waals surface area contributed by atoms with E-state index in [2.05, 4.69) is 15.3 Å². The number of hydrogen-bond acceptors (Lipinski definition) is 6. The van der Waals surface area contributed by atoms with E-state index in [-0.39, 0.29) is 10.2 Å². The molecule has 2 aromatic carbocycles. The van der Waals surface area contributed by atoms with E-state index in [0.717, 1.165) is 11.6 Å². The van der Waals surface area contributed by atoms with Crippen LogP contribution in [0, 0.1) is 0 Å². The monoisotopic (exact) mass is 363 g/mol. The third-order valence-electron chi connectivity index (χ3n) is 3.42. The largest absolute Gasteiger partial charge is 0.497 e. The summed E-state index contributed by atoms with van der Waals surface area (Å²) in [6.45, 7) is 0. The molecule has 0 spiro atoms. The molecule has 0 saturated carbocycles. The topological polar surface area (TPSA) is 81.2 Å². The van der Waals surface area contributed by atoms with Crippen LogP contribution < -0.4 is 10.1 Å². The van der Waals surface area contributed by atoms with Crippen LogP contribution in [0.3, 0.4) is 0 Å². The van der Waals surface area contributed by atoms with E-state index in [1.165, 1.54) is 13.2 Å². The molecule has 0 bridgehead atoms. The van der Waals surface area contributed by atoms with Gasteiger partial charge in [-0.1, -0.05) is 12.1 Å². The van der Waals surface area contributed by atoms with Crippen LogP contribution in [0.2, 0.25) is 5.28 Å². The van der Waals surface area contributed by atoms with Crippen molar-refractivity contribution in [1.29, 1.82) is 0 Å². The van der Waals surface area contributed by atoms with Crippen molar-refractivity contribution in [1.82, 2.24) is 9.97 Å². The van der Waals surface area contributed by atoms with Gasteiger partial charge in [0, 0.05) is 17.7 Å². The van der Waals surface area contributed by atoms with Crippen LogP contribution in [0.5, 0.6) is 5.75 Å². The zero-order valence-corrected chi connectivity index (χ0v) is 14.5. The summed E-state index contributed by atoms with van der Waals surface area (Å²) < 4.78 is 29.2. The molecule has 3 rings (SSSR count). The molecule has 0 atom stereocenters. The molecule has 6 nitrogen and oxygen atoms in total. The van der Waals surface area contributed by atoms with E-state index in [1.54, 1.807) is 18.2 Å². The number of aromatic nitrogens is 2. The molecule has 0 unspecified atom stereocenters. The number of hydrogen-bond donors (Lipinski definition) is 1. The van der Waals surface area contributed by atoms with Crippen molar-refractivity contribution in [3.8, 4) is 5.75 Å². The second-order valence-electron chi connectivity index (χ2n) is 5.12. The highest BCUT2D eigenvalue weighted by Gasteiger charge is 2.16. The number of methoxy groups -OCH3 is 1. The van der Waals surface area contributed by atoms with Gasteiger partial charge in [-0.3, -0.25) is 0 Å². The van der Waals surface area contributed by atoms with Crippen molar-refractivity contribution in [2.45, 2.75) is 4.90 Å². The quantitative estimate of drug-likeness (QED) is 0.715. The Morgan fingerprint density at radius 1 is 1.12 bits per heavy atom. The molecule has 0 aliphatic rings. The Morgan fingerprint density at radius 2 is 1.88 bits per heavy atom. The summed E-state index contributed by atoms with van der Waals surface area (Å²) in [5, 5.41) is 3.84. The molecular weight excluding hydrogens is 350 g/mol. The third kappa shape index (κ3) is 3.27. The Balaban J connectivity index is 2.18. The Kier molecular flexibility index (Phi) is 4.29. The number of fused-ring (bicyclic) bond motifs is 1. The molecule has 24 heavy (non-hydrogen) atoms. The minimum absolute atomic E-state index is 0.0694. The number of nitrogens with one attached hydrogen (secondary N) is 1. The molecule has 0 saturated heterocycles. The van der Waals surface area contributed by atoms with Crippen molar-refractivity contribution in [3.05, 3.63) is 47.7 Å². The third-order valence-corrected chi connectivity index (χ3v) is 4.74. The zero-order valence-electron chi connectivity index (χ0n) is 12.9. The molecule has 0 radical (unpaired) electrons. The Morgan fingerprint density at radius 3 is 2.58 bits per heavy atom. The van der Waals surface area contributed by atoms with Gasteiger partial charge in [-0.2, -0.15) is 4.98 Å². The molecule has 0 aliphatic carbocycles. The summed E-state index contributed by atoms with van der Waals surface area (Å²) in [5.74, 6) is 0.943. The van der Waals surface area contributed by atoms with Crippen LogP contribution in [0.1, 0.15) is 0 Å². The van der Waals surface area contributed by atoms with Gasteiger partial charge in [0.1, 0.15) is 11.6 Å². The molecule has 0 amide bonds. The highest BCUT2D eigenvalue weighted by Crippen LogP contribution is 2.31. The van der Waals surface area contributed by atoms with Gasteiger partial charge >= 0.3 is 0 Å². The molecule has 0 fully saturated rings. The molecule has 3 aromatic rings. The number of halogens is 1. The molecule has 1 N–H and O–H groups in total. The molecule has 8 heteroatoms. The first kappa shape index (κ1) is 16.5.